The van der Waals surface area contributed by atoms with E-state index < -0.39 is 0 Å². The van der Waals surface area contributed by atoms with Crippen LogP contribution in [0.25, 0.3) is 0 Å². The molecule has 0 amide bonds. The molecule has 3 heteroatoms. The van der Waals surface area contributed by atoms with Gasteiger partial charge in [-0.15, -0.1) is 0 Å². The monoisotopic (exact) mass is 212 g/mol. The molecule has 2 rings (SSSR count). The van der Waals surface area contributed by atoms with Gasteiger partial charge in [0.05, 0.1) is 13.2 Å². The van der Waals surface area contributed by atoms with E-state index in [0.29, 0.717) is 12.1 Å². The summed E-state index contributed by atoms with van der Waals surface area (Å²) in [6.07, 6.45) is 5.48. The van der Waals surface area contributed by atoms with Crippen LogP contribution in [0.4, 0.5) is 0 Å². The fraction of sp³-hybridized carbons (Fsp3) is 1.00. The first kappa shape index (κ1) is 11.4. The SMILES string of the molecule is CNC1CCCCC1N1CCOCC1C. The molecule has 1 saturated heterocycles. The van der Waals surface area contributed by atoms with Crippen LogP contribution in [-0.2, 0) is 4.74 Å². The van der Waals surface area contributed by atoms with Crippen LogP contribution in [0.5, 0.6) is 0 Å². The van der Waals surface area contributed by atoms with E-state index in [1.54, 1.807) is 0 Å². The summed E-state index contributed by atoms with van der Waals surface area (Å²) >= 11 is 0. The Labute approximate surface area is 93.2 Å². The number of likely N-dealkylation sites (N-methyl/N-ethyl adjacent to an activating group) is 1. The van der Waals surface area contributed by atoms with Crippen LogP contribution in [0.2, 0.25) is 0 Å². The van der Waals surface area contributed by atoms with Crippen molar-refractivity contribution in [2.24, 2.45) is 0 Å². The summed E-state index contributed by atoms with van der Waals surface area (Å²) in [6.45, 7) is 5.23. The van der Waals surface area contributed by atoms with Gasteiger partial charge in [0.15, 0.2) is 0 Å². The van der Waals surface area contributed by atoms with E-state index >= 15 is 0 Å². The number of hydrogen-bond donors (Lipinski definition) is 1. The van der Waals surface area contributed by atoms with Crippen molar-refractivity contribution in [3.63, 3.8) is 0 Å². The largest absolute Gasteiger partial charge is 0.379 e. The molecule has 2 aliphatic rings. The first-order valence-electron chi connectivity index (χ1n) is 6.33. The Balaban J connectivity index is 1.99. The summed E-state index contributed by atoms with van der Waals surface area (Å²) in [5.41, 5.74) is 0. The maximum Gasteiger partial charge on any atom is 0.0619 e. The third kappa shape index (κ3) is 2.52. The predicted octanol–water partition coefficient (Wildman–Crippen LogP) is 1.24. The van der Waals surface area contributed by atoms with Gasteiger partial charge in [0.2, 0.25) is 0 Å². The summed E-state index contributed by atoms with van der Waals surface area (Å²) < 4.78 is 5.51. The van der Waals surface area contributed by atoms with Crippen LogP contribution in [0, 0.1) is 0 Å². The minimum Gasteiger partial charge on any atom is -0.379 e. The van der Waals surface area contributed by atoms with Gasteiger partial charge in [-0.1, -0.05) is 12.8 Å². The fourth-order valence-corrected chi connectivity index (χ4v) is 3.08. The average Bonchev–Trinajstić information content (AvgIpc) is 2.30. The molecule has 0 radical (unpaired) electrons. The molecule has 3 atom stereocenters. The van der Waals surface area contributed by atoms with E-state index in [0.717, 1.165) is 25.8 Å². The van der Waals surface area contributed by atoms with Gasteiger partial charge in [0.1, 0.15) is 0 Å². The van der Waals surface area contributed by atoms with Crippen LogP contribution < -0.4 is 5.32 Å². The summed E-state index contributed by atoms with van der Waals surface area (Å²) in [7, 11) is 2.11. The Morgan fingerprint density at radius 1 is 1.27 bits per heavy atom. The molecule has 3 unspecified atom stereocenters. The second-order valence-electron chi connectivity index (χ2n) is 4.91. The number of hydrogen-bond acceptors (Lipinski definition) is 3. The topological polar surface area (TPSA) is 24.5 Å². The smallest absolute Gasteiger partial charge is 0.0619 e. The minimum atomic E-state index is 0.595. The second-order valence-corrected chi connectivity index (χ2v) is 4.91. The molecule has 0 aromatic carbocycles. The lowest BCUT2D eigenvalue weighted by Crippen LogP contribution is -2.57. The third-order valence-corrected chi connectivity index (χ3v) is 3.95. The van der Waals surface area contributed by atoms with Crippen LogP contribution in [0.1, 0.15) is 32.6 Å². The van der Waals surface area contributed by atoms with Gasteiger partial charge < -0.3 is 10.1 Å². The Bertz CT molecular complexity index is 198. The second kappa shape index (κ2) is 5.28. The highest BCUT2D eigenvalue weighted by atomic mass is 16.5. The first-order chi connectivity index (χ1) is 7.33. The predicted molar refractivity (Wildman–Crippen MR) is 62.1 cm³/mol. The first-order valence-corrected chi connectivity index (χ1v) is 6.33. The molecule has 1 heterocycles. The molecule has 1 aliphatic carbocycles. The lowest BCUT2D eigenvalue weighted by atomic mass is 9.88. The van der Waals surface area contributed by atoms with Crippen molar-refractivity contribution >= 4 is 0 Å². The van der Waals surface area contributed by atoms with Gasteiger partial charge >= 0.3 is 0 Å². The van der Waals surface area contributed by atoms with Gasteiger partial charge in [-0.05, 0) is 26.8 Å². The van der Waals surface area contributed by atoms with Gasteiger partial charge in [-0.25, -0.2) is 0 Å². The zero-order valence-corrected chi connectivity index (χ0v) is 10.0. The zero-order valence-electron chi connectivity index (χ0n) is 10.0. The van der Waals surface area contributed by atoms with Gasteiger partial charge in [-0.3, -0.25) is 4.90 Å². The van der Waals surface area contributed by atoms with E-state index in [1.807, 2.05) is 0 Å². The summed E-state index contributed by atoms with van der Waals surface area (Å²) in [4.78, 5) is 2.66. The number of nitrogens with zero attached hydrogens (tertiary/aromatic N) is 1. The quantitative estimate of drug-likeness (QED) is 0.745. The molecule has 2 fully saturated rings. The fourth-order valence-electron chi connectivity index (χ4n) is 3.08. The molecular weight excluding hydrogens is 188 g/mol. The number of rotatable bonds is 2. The molecule has 88 valence electrons. The molecule has 0 aromatic heterocycles. The minimum absolute atomic E-state index is 0.595. The van der Waals surface area contributed by atoms with Gasteiger partial charge in [-0.2, -0.15) is 0 Å². The van der Waals surface area contributed by atoms with Crippen molar-refractivity contribution < 1.29 is 4.74 Å². The lowest BCUT2D eigenvalue weighted by molar-refractivity contribution is -0.0361. The van der Waals surface area contributed by atoms with Crippen molar-refractivity contribution in [1.82, 2.24) is 10.2 Å². The van der Waals surface area contributed by atoms with Crippen LogP contribution in [0.15, 0.2) is 0 Å². The van der Waals surface area contributed by atoms with Crippen molar-refractivity contribution in [3.05, 3.63) is 0 Å². The Kier molecular flexibility index (Phi) is 4.00. The Morgan fingerprint density at radius 2 is 2.07 bits per heavy atom. The molecule has 15 heavy (non-hydrogen) atoms. The van der Waals surface area contributed by atoms with Crippen LogP contribution in [-0.4, -0.2) is 49.8 Å². The lowest BCUT2D eigenvalue weighted by Gasteiger charge is -2.44. The average molecular weight is 212 g/mol. The van der Waals surface area contributed by atoms with E-state index in [9.17, 15) is 0 Å². The Morgan fingerprint density at radius 3 is 2.80 bits per heavy atom. The van der Waals surface area contributed by atoms with Crippen molar-refractivity contribution in [1.29, 1.82) is 0 Å². The van der Waals surface area contributed by atoms with E-state index in [1.165, 1.54) is 25.7 Å². The normalized spacial score (nSPS) is 39.2. The maximum absolute atomic E-state index is 5.51. The van der Waals surface area contributed by atoms with Crippen LogP contribution >= 0.6 is 0 Å². The molecule has 1 aliphatic heterocycles. The molecule has 0 spiro atoms. The molecule has 0 aromatic rings. The highest BCUT2D eigenvalue weighted by molar-refractivity contribution is 4.90. The van der Waals surface area contributed by atoms with Crippen LogP contribution in [0.3, 0.4) is 0 Å². The maximum atomic E-state index is 5.51. The van der Waals surface area contributed by atoms with Crippen molar-refractivity contribution in [2.45, 2.75) is 50.7 Å². The summed E-state index contributed by atoms with van der Waals surface area (Å²) in [6, 6.07) is 2.03. The van der Waals surface area contributed by atoms with E-state index in [2.05, 4.69) is 24.2 Å². The molecule has 0 bridgehead atoms. The third-order valence-electron chi connectivity index (χ3n) is 3.95. The molecular formula is C12H24N2O. The van der Waals surface area contributed by atoms with Crippen molar-refractivity contribution in [3.8, 4) is 0 Å². The number of morpholine rings is 1. The van der Waals surface area contributed by atoms with Gasteiger partial charge in [0, 0.05) is 24.7 Å². The molecule has 1 N–H and O–H groups in total. The van der Waals surface area contributed by atoms with E-state index in [4.69, 9.17) is 4.74 Å². The van der Waals surface area contributed by atoms with Gasteiger partial charge in [0.25, 0.3) is 0 Å². The summed E-state index contributed by atoms with van der Waals surface area (Å²) in [5.74, 6) is 0. The molecule has 3 nitrogen and oxygen atoms in total. The Hall–Kier alpha value is -0.120. The summed E-state index contributed by atoms with van der Waals surface area (Å²) in [5, 5.41) is 3.49. The number of nitrogens with one attached hydrogen (secondary N) is 1. The highest BCUT2D eigenvalue weighted by Gasteiger charge is 2.32. The molecule has 1 saturated carbocycles. The standard InChI is InChI=1S/C12H24N2O/c1-10-9-15-8-7-14(10)12-6-4-3-5-11(12)13-2/h10-13H,3-9H2,1-2H3. The van der Waals surface area contributed by atoms with E-state index in [-0.39, 0.29) is 0 Å². The zero-order chi connectivity index (χ0) is 10.7. The highest BCUT2D eigenvalue weighted by Crippen LogP contribution is 2.25. The van der Waals surface area contributed by atoms with Crippen molar-refractivity contribution in [2.75, 3.05) is 26.8 Å². The number of ether oxygens (including phenoxy) is 1.